The smallest absolute Gasteiger partial charge is 0.306 e. The number of aliphatic hydroxyl groups excluding tert-OH is 2. The van der Waals surface area contributed by atoms with Gasteiger partial charge in [-0.05, 0) is 44.9 Å². The van der Waals surface area contributed by atoms with E-state index in [1.54, 1.807) is 0 Å². The number of hydrogen-bond donors (Lipinski definition) is 2. The average Bonchev–Trinajstić information content (AvgIpc) is 2.81. The van der Waals surface area contributed by atoms with Gasteiger partial charge in [-0.1, -0.05) is 68.2 Å². The molecular weight excluding hydrogens is 340 g/mol. The van der Waals surface area contributed by atoms with Crippen LogP contribution >= 0.6 is 0 Å². The van der Waals surface area contributed by atoms with Crippen LogP contribution < -0.4 is 0 Å². The minimum absolute atomic E-state index is 0.0280. The van der Waals surface area contributed by atoms with Gasteiger partial charge in [-0.15, -0.1) is 0 Å². The fourth-order valence-electron chi connectivity index (χ4n) is 1.85. The molecule has 0 saturated carbocycles. The topological polar surface area (TPSA) is 66.8 Å². The monoisotopic (exact) mass is 386 g/mol. The number of unbranched alkanes of at least 4 members (excludes halogenated alkanes) is 2. The van der Waals surface area contributed by atoms with E-state index < -0.39 is 25.3 Å². The van der Waals surface area contributed by atoms with E-state index in [-0.39, 0.29) is 86.9 Å². The Balaban J connectivity index is 4.92. The van der Waals surface area contributed by atoms with Crippen molar-refractivity contribution < 1.29 is 30.7 Å². The van der Waals surface area contributed by atoms with Crippen LogP contribution in [0.25, 0.3) is 0 Å². The molecule has 2 N–H and O–H groups in total. The van der Waals surface area contributed by atoms with Crippen molar-refractivity contribution in [1.82, 2.24) is 0 Å². The van der Waals surface area contributed by atoms with Crippen molar-refractivity contribution in [1.29, 1.82) is 0 Å². The zero-order chi connectivity index (χ0) is 27.0. The molecule has 0 radical (unpaired) electrons. The van der Waals surface area contributed by atoms with E-state index in [2.05, 4.69) is 0 Å². The summed E-state index contributed by atoms with van der Waals surface area (Å²) in [7, 11) is 0. The predicted octanol–water partition coefficient (Wildman–Crippen LogP) is 5.03. The minimum atomic E-state index is -0.990. The highest BCUT2D eigenvalue weighted by Gasteiger charge is 2.11. The van der Waals surface area contributed by atoms with Gasteiger partial charge in [0, 0.05) is 6.42 Å². The van der Waals surface area contributed by atoms with E-state index in [4.69, 9.17) is 25.9 Å². The standard InChI is InChI=1S/C23H38O4/c1-2-3-4-5-6-7-8-9-10-11-12-13-14-15-16-17-18-19-23(26)27-22(20-24)21-25/h6-7,9-10,12-13,15-16,22,24-25H,2-5,8,11,14,17-21H2,1H3/b7-6-,10-9-,13-12-,16-15-/i6D,7D,9D,10D,12D,13D,15D,16D. The van der Waals surface area contributed by atoms with Crippen molar-refractivity contribution in [3.8, 4) is 0 Å². The molecule has 0 aliphatic carbocycles. The molecule has 154 valence electrons. The summed E-state index contributed by atoms with van der Waals surface area (Å²) < 4.78 is 68.5. The van der Waals surface area contributed by atoms with Gasteiger partial charge in [-0.2, -0.15) is 0 Å². The number of esters is 1. The largest absolute Gasteiger partial charge is 0.457 e. The summed E-state index contributed by atoms with van der Waals surface area (Å²) in [4.78, 5) is 11.6. The third-order valence-corrected chi connectivity index (χ3v) is 3.32. The fraction of sp³-hybridized carbons (Fsp3) is 0.609. The van der Waals surface area contributed by atoms with Crippen LogP contribution in [0.3, 0.4) is 0 Å². The molecule has 0 aliphatic heterocycles. The van der Waals surface area contributed by atoms with Crippen molar-refractivity contribution >= 4 is 5.97 Å². The Hall–Kier alpha value is -1.65. The predicted molar refractivity (Wildman–Crippen MR) is 112 cm³/mol. The third-order valence-electron chi connectivity index (χ3n) is 3.32. The van der Waals surface area contributed by atoms with Crippen LogP contribution in [0, 0.1) is 0 Å². The molecule has 0 aromatic rings. The number of hydrogen-bond acceptors (Lipinski definition) is 4. The van der Waals surface area contributed by atoms with Crippen LogP contribution in [-0.2, 0) is 9.53 Å². The van der Waals surface area contributed by atoms with Gasteiger partial charge in [0.25, 0.3) is 0 Å². The number of rotatable bonds is 17. The van der Waals surface area contributed by atoms with E-state index in [1.807, 2.05) is 6.92 Å². The Morgan fingerprint density at radius 1 is 0.852 bits per heavy atom. The molecule has 0 aromatic heterocycles. The van der Waals surface area contributed by atoms with E-state index >= 15 is 0 Å². The minimum Gasteiger partial charge on any atom is -0.457 e. The highest BCUT2D eigenvalue weighted by atomic mass is 16.6. The van der Waals surface area contributed by atoms with Crippen LogP contribution in [0.1, 0.15) is 82.1 Å². The zero-order valence-corrected chi connectivity index (χ0v) is 16.3. The number of carbonyl (C=O) groups is 1. The van der Waals surface area contributed by atoms with E-state index in [0.717, 1.165) is 19.3 Å². The molecule has 0 aromatic carbocycles. The number of aliphatic hydroxyl groups is 2. The Labute approximate surface area is 176 Å². The summed E-state index contributed by atoms with van der Waals surface area (Å²) in [6, 6.07) is -1.12. The first-order valence-corrected chi connectivity index (χ1v) is 9.48. The quantitative estimate of drug-likeness (QED) is 0.209. The third kappa shape index (κ3) is 18.9. The molecule has 27 heavy (non-hydrogen) atoms. The van der Waals surface area contributed by atoms with Gasteiger partial charge in [0.05, 0.1) is 24.2 Å². The van der Waals surface area contributed by atoms with Crippen molar-refractivity contribution in [2.45, 2.75) is 77.2 Å². The lowest BCUT2D eigenvalue weighted by atomic mass is 10.2. The lowest BCUT2D eigenvalue weighted by Gasteiger charge is -2.11. The molecule has 4 heteroatoms. The first-order chi connectivity index (χ1) is 16.5. The van der Waals surface area contributed by atoms with Gasteiger partial charge in [0.15, 0.2) is 0 Å². The normalized spacial score (nSPS) is 19.6. The number of ether oxygens (including phenoxy) is 1. The molecule has 0 aliphatic rings. The first kappa shape index (κ1) is 14.4. The second-order valence-corrected chi connectivity index (χ2v) is 5.73. The van der Waals surface area contributed by atoms with Crippen LogP contribution in [-0.4, -0.2) is 35.5 Å². The van der Waals surface area contributed by atoms with Gasteiger partial charge in [0.1, 0.15) is 6.10 Å². The molecule has 0 unspecified atom stereocenters. The maximum atomic E-state index is 11.6. The Morgan fingerprint density at radius 3 is 1.81 bits per heavy atom. The lowest BCUT2D eigenvalue weighted by molar-refractivity contribution is -0.153. The van der Waals surface area contributed by atoms with Crippen LogP contribution in [0.4, 0.5) is 0 Å². The van der Waals surface area contributed by atoms with Crippen molar-refractivity contribution in [3.05, 3.63) is 48.4 Å². The van der Waals surface area contributed by atoms with Crippen molar-refractivity contribution in [3.63, 3.8) is 0 Å². The van der Waals surface area contributed by atoms with Crippen molar-refractivity contribution in [2.24, 2.45) is 0 Å². The molecule has 4 nitrogen and oxygen atoms in total. The molecule has 0 fully saturated rings. The highest BCUT2D eigenvalue weighted by molar-refractivity contribution is 5.69. The maximum Gasteiger partial charge on any atom is 0.306 e. The summed E-state index contributed by atoms with van der Waals surface area (Å²) in [6.07, 6.45) is 1.65. The van der Waals surface area contributed by atoms with Gasteiger partial charge < -0.3 is 14.9 Å². The summed E-state index contributed by atoms with van der Waals surface area (Å²) in [5, 5.41) is 17.8. The van der Waals surface area contributed by atoms with Gasteiger partial charge in [-0.3, -0.25) is 4.79 Å². The summed E-state index contributed by atoms with van der Waals surface area (Å²) in [6.45, 7) is 1.04. The maximum absolute atomic E-state index is 11.6. The molecular formula is C23H38O4. The first-order valence-electron chi connectivity index (χ1n) is 13.5. The van der Waals surface area contributed by atoms with E-state index in [1.165, 1.54) is 0 Å². The highest BCUT2D eigenvalue weighted by Crippen LogP contribution is 2.03. The Morgan fingerprint density at radius 2 is 1.33 bits per heavy atom. The van der Waals surface area contributed by atoms with Crippen LogP contribution in [0.15, 0.2) is 48.4 Å². The van der Waals surface area contributed by atoms with Gasteiger partial charge >= 0.3 is 5.97 Å². The molecule has 0 rings (SSSR count). The lowest BCUT2D eigenvalue weighted by Crippen LogP contribution is -2.25. The summed E-state index contributed by atoms with van der Waals surface area (Å²) >= 11 is 0. The second kappa shape index (κ2) is 20.7. The molecule has 0 heterocycles. The summed E-state index contributed by atoms with van der Waals surface area (Å²) in [5.41, 5.74) is 0. The van der Waals surface area contributed by atoms with Crippen LogP contribution in [0.2, 0.25) is 0 Å². The Kier molecular flexibility index (Phi) is 11.0. The second-order valence-electron chi connectivity index (χ2n) is 5.73. The molecule has 0 spiro atoms. The number of carbonyl (C=O) groups excluding carboxylic acids is 1. The molecule has 0 amide bonds. The van der Waals surface area contributed by atoms with E-state index in [9.17, 15) is 4.79 Å². The summed E-state index contributed by atoms with van der Waals surface area (Å²) in [5.74, 6) is -0.642. The van der Waals surface area contributed by atoms with Gasteiger partial charge in [0.2, 0.25) is 0 Å². The average molecular weight is 387 g/mol. The molecule has 0 bridgehead atoms. The molecule has 0 atom stereocenters. The van der Waals surface area contributed by atoms with Crippen LogP contribution in [0.5, 0.6) is 0 Å². The SMILES string of the molecule is [2H]/C(CCCCC)=C(\[2H])C/C([2H])=C(/[2H])C/C([2H])=C(/[2H])C/C([2H])=C(/[2H])CCCC(=O)OC(CO)CO. The zero-order valence-electron chi connectivity index (χ0n) is 24.3. The van der Waals surface area contributed by atoms with Gasteiger partial charge in [-0.25, -0.2) is 0 Å². The fourth-order valence-corrected chi connectivity index (χ4v) is 1.85. The Bertz CT molecular complexity index is 801. The van der Waals surface area contributed by atoms with E-state index in [0.29, 0.717) is 6.42 Å². The number of allylic oxidation sites excluding steroid dienone is 8. The van der Waals surface area contributed by atoms with Crippen molar-refractivity contribution in [2.75, 3.05) is 13.2 Å². The molecule has 0 saturated heterocycles.